The number of hydrogen-bond acceptors (Lipinski definition) is 7. The fourth-order valence-electron chi connectivity index (χ4n) is 3.70. The number of halogens is 1. The fourth-order valence-corrected chi connectivity index (χ4v) is 4.49. The van der Waals surface area contributed by atoms with Gasteiger partial charge in [-0.05, 0) is 37.1 Å². The molecule has 4 rings (SSSR count). The molecule has 3 aromatic rings. The van der Waals surface area contributed by atoms with Crippen molar-refractivity contribution in [3.63, 3.8) is 0 Å². The van der Waals surface area contributed by atoms with Crippen molar-refractivity contribution >= 4 is 20.7 Å². The van der Waals surface area contributed by atoms with Crippen LogP contribution in [-0.4, -0.2) is 59.3 Å². The van der Waals surface area contributed by atoms with E-state index in [0.717, 1.165) is 11.8 Å². The van der Waals surface area contributed by atoms with Gasteiger partial charge in [-0.2, -0.15) is 5.10 Å². The van der Waals surface area contributed by atoms with Crippen LogP contribution in [0.15, 0.2) is 42.6 Å². The number of aliphatic hydroxyl groups is 1. The largest absolute Gasteiger partial charge is 0.380 e. The first-order valence-corrected chi connectivity index (χ1v) is 12.6. The van der Waals surface area contributed by atoms with E-state index in [1.807, 2.05) is 5.48 Å². The van der Waals surface area contributed by atoms with Gasteiger partial charge in [-0.1, -0.05) is 24.0 Å². The number of benzene rings is 2. The minimum absolute atomic E-state index is 0.116. The molecule has 1 unspecified atom stereocenters. The van der Waals surface area contributed by atoms with Crippen LogP contribution in [0.3, 0.4) is 0 Å². The number of hydroxylamine groups is 1. The third-order valence-electron chi connectivity index (χ3n) is 6.30. The number of rotatable bonds is 7. The average molecular weight is 488 g/mol. The van der Waals surface area contributed by atoms with E-state index in [4.69, 9.17) is 9.94 Å². The molecular formula is C24H26FN3O5S. The fraction of sp³-hybridized carbons (Fsp3) is 0.375. The molecule has 1 fully saturated rings. The molecule has 2 aromatic carbocycles. The van der Waals surface area contributed by atoms with E-state index in [1.165, 1.54) is 6.07 Å². The summed E-state index contributed by atoms with van der Waals surface area (Å²) in [6, 6.07) is 10.0. The van der Waals surface area contributed by atoms with Gasteiger partial charge in [-0.25, -0.2) is 18.3 Å². The molecule has 1 aromatic heterocycles. The number of nitrogens with zero attached hydrogens (tertiary/aromatic N) is 2. The Labute approximate surface area is 197 Å². The SMILES string of the molecule is CC(CCn1cc2cc(C#Cc3ccc(C4(O)COC4)cc3)c(F)cc2n1)(CNO)S(C)(=O)=O. The summed E-state index contributed by atoms with van der Waals surface area (Å²) in [4.78, 5) is 0. The predicted molar refractivity (Wildman–Crippen MR) is 124 cm³/mol. The number of nitrogens with one attached hydrogen (secondary N) is 1. The summed E-state index contributed by atoms with van der Waals surface area (Å²) in [5, 5.41) is 24.3. The van der Waals surface area contributed by atoms with Gasteiger partial charge >= 0.3 is 0 Å². The molecule has 0 amide bonds. The molecule has 0 bridgehead atoms. The second kappa shape index (κ2) is 9.09. The van der Waals surface area contributed by atoms with Crippen LogP contribution in [0.4, 0.5) is 4.39 Å². The van der Waals surface area contributed by atoms with Crippen LogP contribution in [0.1, 0.15) is 30.0 Å². The number of hydrogen-bond donors (Lipinski definition) is 3. The van der Waals surface area contributed by atoms with E-state index in [2.05, 4.69) is 16.9 Å². The Hall–Kier alpha value is -2.81. The summed E-state index contributed by atoms with van der Waals surface area (Å²) < 4.78 is 44.3. The van der Waals surface area contributed by atoms with Gasteiger partial charge in [-0.15, -0.1) is 0 Å². The Morgan fingerprint density at radius 2 is 1.97 bits per heavy atom. The van der Waals surface area contributed by atoms with E-state index < -0.39 is 26.0 Å². The first-order valence-electron chi connectivity index (χ1n) is 10.7. The Balaban J connectivity index is 1.52. The molecule has 0 saturated carbocycles. The maximum atomic E-state index is 14.6. The smallest absolute Gasteiger partial charge is 0.154 e. The summed E-state index contributed by atoms with van der Waals surface area (Å²) in [7, 11) is -3.45. The number of aryl methyl sites for hydroxylation is 1. The second-order valence-electron chi connectivity index (χ2n) is 8.94. The lowest BCUT2D eigenvalue weighted by Gasteiger charge is -2.36. The Bertz CT molecular complexity index is 1370. The van der Waals surface area contributed by atoms with Crippen LogP contribution in [0, 0.1) is 17.7 Å². The van der Waals surface area contributed by atoms with Crippen LogP contribution in [0.2, 0.25) is 0 Å². The minimum atomic E-state index is -3.45. The van der Waals surface area contributed by atoms with E-state index >= 15 is 0 Å². The quantitative estimate of drug-likeness (QED) is 0.345. The number of ether oxygens (including phenoxy) is 1. The molecule has 8 nitrogen and oxygen atoms in total. The van der Waals surface area contributed by atoms with Crippen LogP contribution in [0.5, 0.6) is 0 Å². The van der Waals surface area contributed by atoms with Crippen molar-refractivity contribution in [3.8, 4) is 11.8 Å². The average Bonchev–Trinajstić information content (AvgIpc) is 3.16. The van der Waals surface area contributed by atoms with Crippen molar-refractivity contribution in [3.05, 3.63) is 65.1 Å². The zero-order valence-electron chi connectivity index (χ0n) is 18.9. The van der Waals surface area contributed by atoms with Crippen molar-refractivity contribution in [2.24, 2.45) is 0 Å². The van der Waals surface area contributed by atoms with E-state index in [9.17, 15) is 17.9 Å². The van der Waals surface area contributed by atoms with Crippen molar-refractivity contribution in [2.75, 3.05) is 26.0 Å². The Kier molecular flexibility index (Phi) is 6.50. The summed E-state index contributed by atoms with van der Waals surface area (Å²) in [5.74, 6) is 5.28. The maximum absolute atomic E-state index is 14.6. The normalized spacial score (nSPS) is 17.0. The summed E-state index contributed by atoms with van der Waals surface area (Å²) in [5.41, 5.74) is 3.08. The molecular weight excluding hydrogens is 461 g/mol. The summed E-state index contributed by atoms with van der Waals surface area (Å²) in [6.07, 6.45) is 3.05. The topological polar surface area (TPSA) is 114 Å². The van der Waals surface area contributed by atoms with Crippen LogP contribution in [-0.2, 0) is 26.7 Å². The summed E-state index contributed by atoms with van der Waals surface area (Å²) >= 11 is 0. The van der Waals surface area contributed by atoms with Crippen molar-refractivity contribution in [1.29, 1.82) is 0 Å². The van der Waals surface area contributed by atoms with E-state index in [1.54, 1.807) is 48.1 Å². The van der Waals surface area contributed by atoms with Gasteiger partial charge in [0.2, 0.25) is 0 Å². The van der Waals surface area contributed by atoms with Crippen LogP contribution >= 0.6 is 0 Å². The van der Waals surface area contributed by atoms with Crippen molar-refractivity contribution in [2.45, 2.75) is 30.2 Å². The molecule has 1 aliphatic rings. The lowest BCUT2D eigenvalue weighted by Crippen LogP contribution is -2.46. The van der Waals surface area contributed by atoms with Gasteiger partial charge in [0.25, 0.3) is 0 Å². The monoisotopic (exact) mass is 487 g/mol. The summed E-state index contributed by atoms with van der Waals surface area (Å²) in [6.45, 7) is 2.24. The highest BCUT2D eigenvalue weighted by Gasteiger charge is 2.37. The molecule has 1 saturated heterocycles. The van der Waals surface area contributed by atoms with Crippen LogP contribution in [0.25, 0.3) is 10.9 Å². The maximum Gasteiger partial charge on any atom is 0.154 e. The van der Waals surface area contributed by atoms with Gasteiger partial charge in [-0.3, -0.25) is 4.68 Å². The molecule has 0 spiro atoms. The van der Waals surface area contributed by atoms with Gasteiger partial charge in [0, 0.05) is 42.6 Å². The first kappa shape index (κ1) is 24.3. The van der Waals surface area contributed by atoms with Gasteiger partial charge in [0.15, 0.2) is 9.84 Å². The molecule has 34 heavy (non-hydrogen) atoms. The highest BCUT2D eigenvalue weighted by atomic mass is 32.2. The van der Waals surface area contributed by atoms with E-state index in [-0.39, 0.29) is 38.3 Å². The molecule has 0 aliphatic carbocycles. The van der Waals surface area contributed by atoms with Gasteiger partial charge in [0.05, 0.1) is 29.0 Å². The van der Waals surface area contributed by atoms with E-state index in [0.29, 0.717) is 16.5 Å². The Morgan fingerprint density at radius 1 is 1.26 bits per heavy atom. The van der Waals surface area contributed by atoms with Crippen LogP contribution < -0.4 is 5.48 Å². The molecule has 3 N–H and O–H groups in total. The molecule has 180 valence electrons. The lowest BCUT2D eigenvalue weighted by atomic mass is 9.91. The molecule has 1 aliphatic heterocycles. The first-order chi connectivity index (χ1) is 16.0. The van der Waals surface area contributed by atoms with Gasteiger partial charge in [0.1, 0.15) is 11.4 Å². The minimum Gasteiger partial charge on any atom is -0.380 e. The Morgan fingerprint density at radius 3 is 2.56 bits per heavy atom. The zero-order chi connectivity index (χ0) is 24.6. The van der Waals surface area contributed by atoms with Crippen molar-refractivity contribution < 1.29 is 27.9 Å². The number of sulfone groups is 1. The van der Waals surface area contributed by atoms with Crippen molar-refractivity contribution in [1.82, 2.24) is 15.3 Å². The molecule has 2 heterocycles. The highest BCUT2D eigenvalue weighted by molar-refractivity contribution is 7.92. The second-order valence-corrected chi connectivity index (χ2v) is 11.5. The lowest BCUT2D eigenvalue weighted by molar-refractivity contribution is -0.184. The molecule has 10 heteroatoms. The number of fused-ring (bicyclic) bond motifs is 1. The van der Waals surface area contributed by atoms with Gasteiger partial charge < -0.3 is 15.1 Å². The third-order valence-corrected chi connectivity index (χ3v) is 8.44. The molecule has 0 radical (unpaired) electrons. The predicted octanol–water partition coefficient (Wildman–Crippen LogP) is 1.97. The zero-order valence-corrected chi connectivity index (χ0v) is 19.7. The molecule has 1 atom stereocenters. The number of aromatic nitrogens is 2. The third kappa shape index (κ3) is 4.85. The highest BCUT2D eigenvalue weighted by Crippen LogP contribution is 2.29. The standard InChI is InChI=1S/C24H26FN3O5S/c1-23(14-26-30,34(2,31)32)9-10-28-13-19-11-18(21(25)12-22(19)27-28)6-3-17-4-7-20(8-5-17)24(29)15-33-16-24/h4-5,7-8,11-13,26,29-30H,9-10,14-16H2,1-2H3.